The number of hydrogen-bond donors (Lipinski definition) is 0. The number of hydrogen-bond acceptors (Lipinski definition) is 4. The van der Waals surface area contributed by atoms with E-state index in [0.29, 0.717) is 17.2 Å². The Bertz CT molecular complexity index is 632. The van der Waals surface area contributed by atoms with Crippen molar-refractivity contribution in [2.24, 2.45) is 0 Å². The third-order valence-corrected chi connectivity index (χ3v) is 2.68. The van der Waals surface area contributed by atoms with E-state index in [9.17, 15) is 10.1 Å². The van der Waals surface area contributed by atoms with Crippen molar-refractivity contribution in [3.8, 4) is 11.5 Å². The van der Waals surface area contributed by atoms with Crippen molar-refractivity contribution in [3.63, 3.8) is 0 Å². The van der Waals surface area contributed by atoms with E-state index in [2.05, 4.69) is 4.98 Å². The highest BCUT2D eigenvalue weighted by Crippen LogP contribution is 2.26. The van der Waals surface area contributed by atoms with Gasteiger partial charge in [-0.3, -0.25) is 10.1 Å². The fourth-order valence-electron chi connectivity index (χ4n) is 1.77. The number of aryl methyl sites for hydroxylation is 1. The van der Waals surface area contributed by atoms with E-state index < -0.39 is 4.92 Å². The molecule has 1 heterocycles. The zero-order valence-corrected chi connectivity index (χ0v) is 16.8. The molecule has 5 nitrogen and oxygen atoms in total. The van der Waals surface area contributed by atoms with Crippen LogP contribution in [0.2, 0.25) is 0 Å². The summed E-state index contributed by atoms with van der Waals surface area (Å²) in [7, 11) is 0. The first-order chi connectivity index (χ1) is 12.2. The normalized spacial score (nSPS) is 9.12. The molecule has 0 N–H and O–H groups in total. The second kappa shape index (κ2) is 15.1. The number of nitro benzene ring substituents is 1. The van der Waals surface area contributed by atoms with E-state index >= 15 is 0 Å². The Hall–Kier alpha value is -2.43. The summed E-state index contributed by atoms with van der Waals surface area (Å²) < 4.78 is 5.65. The highest BCUT2D eigenvalue weighted by molar-refractivity contribution is 5.60. The first kappa shape index (κ1) is 24.8. The Morgan fingerprint density at radius 1 is 1.16 bits per heavy atom. The van der Waals surface area contributed by atoms with E-state index in [1.165, 1.54) is 12.1 Å². The van der Waals surface area contributed by atoms with Crippen molar-refractivity contribution in [3.05, 3.63) is 51.9 Å². The lowest BCUT2D eigenvalue weighted by molar-refractivity contribution is -0.384. The van der Waals surface area contributed by atoms with Crippen LogP contribution in [0, 0.1) is 10.1 Å². The maximum absolute atomic E-state index is 10.8. The molecule has 25 heavy (non-hydrogen) atoms. The smallest absolute Gasteiger partial charge is 0.270 e. The minimum absolute atomic E-state index is 0.0290. The summed E-state index contributed by atoms with van der Waals surface area (Å²) in [5.41, 5.74) is 1.49. The van der Waals surface area contributed by atoms with E-state index in [-0.39, 0.29) is 5.69 Å². The predicted octanol–water partition coefficient (Wildman–Crippen LogP) is 6.92. The maximum atomic E-state index is 10.8. The molecule has 0 aliphatic heterocycles. The van der Waals surface area contributed by atoms with Crippen LogP contribution in [0.3, 0.4) is 0 Å². The van der Waals surface area contributed by atoms with Crippen LogP contribution in [0.15, 0.2) is 34.8 Å². The molecule has 0 amide bonds. The average Bonchev–Trinajstić information content (AvgIpc) is 3.10. The van der Waals surface area contributed by atoms with Crippen molar-refractivity contribution < 1.29 is 9.34 Å². The van der Waals surface area contributed by atoms with Gasteiger partial charge in [0.25, 0.3) is 5.69 Å². The molecular formula is C20H32N2O3. The van der Waals surface area contributed by atoms with Gasteiger partial charge in [0.05, 0.1) is 10.6 Å². The quantitative estimate of drug-likeness (QED) is 0.444. The minimum Gasteiger partial charge on any atom is -0.436 e. The average molecular weight is 348 g/mol. The largest absolute Gasteiger partial charge is 0.436 e. The van der Waals surface area contributed by atoms with Crippen molar-refractivity contribution >= 4 is 11.8 Å². The fourth-order valence-corrected chi connectivity index (χ4v) is 1.77. The van der Waals surface area contributed by atoms with Crippen LogP contribution >= 0.6 is 0 Å². The number of allylic oxidation sites excluding steroid dienone is 1. The molecule has 0 aliphatic rings. The van der Waals surface area contributed by atoms with Crippen molar-refractivity contribution in [1.82, 2.24) is 4.98 Å². The molecule has 2 rings (SSSR count). The van der Waals surface area contributed by atoms with Gasteiger partial charge in [-0.2, -0.15) is 0 Å². The van der Waals surface area contributed by atoms with Crippen LogP contribution in [-0.2, 0) is 6.42 Å². The monoisotopic (exact) mass is 348 g/mol. The summed E-state index contributed by atoms with van der Waals surface area (Å²) in [6.07, 6.45) is 4.46. The van der Waals surface area contributed by atoms with Crippen molar-refractivity contribution in [2.45, 2.75) is 61.8 Å². The molecule has 0 saturated carbocycles. The van der Waals surface area contributed by atoms with Gasteiger partial charge >= 0.3 is 0 Å². The summed E-state index contributed by atoms with van der Waals surface area (Å²) in [6, 6.07) is 6.28. The standard InChI is InChI=1S/C14H14N2O3.3C2H6/c1-3-6-13-12(4-2)15-14(19-13)10-7-5-8-11(9-10)16(17)18;3*1-2/h3,5-9H,4H2,1-2H3;3*1-2H3/b6-3-;;;. The predicted molar refractivity (Wildman–Crippen MR) is 107 cm³/mol. The molecule has 2 aromatic rings. The highest BCUT2D eigenvalue weighted by Gasteiger charge is 2.14. The molecule has 0 saturated heterocycles. The third-order valence-electron chi connectivity index (χ3n) is 2.68. The first-order valence-corrected chi connectivity index (χ1v) is 9.03. The van der Waals surface area contributed by atoms with Crippen LogP contribution in [-0.4, -0.2) is 9.91 Å². The molecule has 140 valence electrons. The van der Waals surface area contributed by atoms with E-state index in [1.807, 2.05) is 67.5 Å². The molecule has 1 aromatic carbocycles. The van der Waals surface area contributed by atoms with Crippen LogP contribution in [0.1, 0.15) is 66.8 Å². The summed E-state index contributed by atoms with van der Waals surface area (Å²) in [4.78, 5) is 14.7. The Balaban J connectivity index is 0. The van der Waals surface area contributed by atoms with Gasteiger partial charge in [-0.15, -0.1) is 0 Å². The number of benzene rings is 1. The molecule has 0 spiro atoms. The second-order valence-electron chi connectivity index (χ2n) is 3.99. The van der Waals surface area contributed by atoms with Crippen LogP contribution < -0.4 is 0 Å². The Morgan fingerprint density at radius 3 is 2.24 bits per heavy atom. The summed E-state index contributed by atoms with van der Waals surface area (Å²) >= 11 is 0. The van der Waals surface area contributed by atoms with Crippen LogP contribution in [0.4, 0.5) is 5.69 Å². The maximum Gasteiger partial charge on any atom is 0.270 e. The van der Waals surface area contributed by atoms with E-state index in [4.69, 9.17) is 4.42 Å². The number of non-ortho nitro benzene ring substituents is 1. The molecule has 1 aromatic heterocycles. The van der Waals surface area contributed by atoms with Gasteiger partial charge in [0, 0.05) is 17.7 Å². The van der Waals surface area contributed by atoms with Gasteiger partial charge in [-0.25, -0.2) is 4.98 Å². The van der Waals surface area contributed by atoms with Gasteiger partial charge in [0.1, 0.15) is 0 Å². The summed E-state index contributed by atoms with van der Waals surface area (Å²) in [5.74, 6) is 1.11. The van der Waals surface area contributed by atoms with Gasteiger partial charge < -0.3 is 4.42 Å². The summed E-state index contributed by atoms with van der Waals surface area (Å²) in [6.45, 7) is 15.9. The molecule has 0 aliphatic carbocycles. The second-order valence-corrected chi connectivity index (χ2v) is 3.99. The molecule has 0 fully saturated rings. The molecule has 0 unspecified atom stereocenters. The number of nitrogens with zero attached hydrogens (tertiary/aromatic N) is 2. The SMILES string of the molecule is C/C=C\c1oc(-c2cccc([N+](=O)[O-])c2)nc1CC.CC.CC.CC. The molecule has 0 atom stereocenters. The Labute approximate surface area is 151 Å². The molecule has 0 radical (unpaired) electrons. The third kappa shape index (κ3) is 7.79. The van der Waals surface area contributed by atoms with Crippen LogP contribution in [0.5, 0.6) is 0 Å². The number of nitro groups is 1. The number of aromatic nitrogens is 1. The first-order valence-electron chi connectivity index (χ1n) is 9.03. The van der Waals surface area contributed by atoms with Gasteiger partial charge in [0.2, 0.25) is 5.89 Å². The lowest BCUT2D eigenvalue weighted by atomic mass is 10.2. The molecule has 0 bridgehead atoms. The fraction of sp³-hybridized carbons (Fsp3) is 0.450. The van der Waals surface area contributed by atoms with Gasteiger partial charge in [-0.1, -0.05) is 60.6 Å². The lowest BCUT2D eigenvalue weighted by Gasteiger charge is -1.95. The van der Waals surface area contributed by atoms with Gasteiger partial charge in [-0.05, 0) is 25.5 Å². The number of rotatable bonds is 4. The zero-order valence-electron chi connectivity index (χ0n) is 16.8. The summed E-state index contributed by atoms with van der Waals surface area (Å²) in [5, 5.41) is 10.8. The van der Waals surface area contributed by atoms with Gasteiger partial charge in [0.15, 0.2) is 5.76 Å². The van der Waals surface area contributed by atoms with E-state index in [0.717, 1.165) is 12.1 Å². The highest BCUT2D eigenvalue weighted by atomic mass is 16.6. The number of oxazole rings is 1. The minimum atomic E-state index is -0.431. The lowest BCUT2D eigenvalue weighted by Crippen LogP contribution is -1.88. The Kier molecular flexibility index (Phi) is 15.0. The topological polar surface area (TPSA) is 69.2 Å². The van der Waals surface area contributed by atoms with Crippen molar-refractivity contribution in [1.29, 1.82) is 0 Å². The Morgan fingerprint density at radius 2 is 1.76 bits per heavy atom. The van der Waals surface area contributed by atoms with Crippen molar-refractivity contribution in [2.75, 3.05) is 0 Å². The molecular weight excluding hydrogens is 316 g/mol. The van der Waals surface area contributed by atoms with E-state index in [1.54, 1.807) is 12.1 Å². The molecule has 5 heteroatoms. The zero-order chi connectivity index (χ0) is 19.8. The van der Waals surface area contributed by atoms with Crippen LogP contribution in [0.25, 0.3) is 17.5 Å².